The number of nitrogens with zero attached hydrogens (tertiary/aromatic N) is 4. The van der Waals surface area contributed by atoms with Crippen molar-refractivity contribution in [2.75, 3.05) is 11.8 Å². The highest BCUT2D eigenvalue weighted by Gasteiger charge is 2.21. The predicted octanol–water partition coefficient (Wildman–Crippen LogP) is 2.09. The molecule has 1 aromatic carbocycles. The molecule has 2 aromatic heterocycles. The second-order valence-corrected chi connectivity index (χ2v) is 6.92. The topological polar surface area (TPSA) is 99.0 Å². The number of hydrogen-bond donors (Lipinski definition) is 1. The monoisotopic (exact) mass is 359 g/mol. The molecular weight excluding hydrogens is 342 g/mol. The second-order valence-electron chi connectivity index (χ2n) is 5.27. The summed E-state index contributed by atoms with van der Waals surface area (Å²) in [5, 5.41) is 4.22. The molecule has 2 heterocycles. The highest BCUT2D eigenvalue weighted by Crippen LogP contribution is 2.20. The number of rotatable bonds is 5. The average Bonchev–Trinajstić information content (AvgIpc) is 2.94. The first kappa shape index (κ1) is 16.9. The Kier molecular flexibility index (Phi) is 4.41. The molecule has 0 atom stereocenters. The van der Waals surface area contributed by atoms with Crippen LogP contribution in [0.1, 0.15) is 11.5 Å². The van der Waals surface area contributed by atoms with Gasteiger partial charge in [0.1, 0.15) is 10.7 Å². The summed E-state index contributed by atoms with van der Waals surface area (Å²) in [5.74, 6) is 0.906. The Morgan fingerprint density at radius 3 is 2.40 bits per heavy atom. The number of benzene rings is 1. The molecule has 0 bridgehead atoms. The van der Waals surface area contributed by atoms with Gasteiger partial charge >= 0.3 is 0 Å². The Hall–Kier alpha value is -2.94. The molecule has 3 rings (SSSR count). The highest BCUT2D eigenvalue weighted by atomic mass is 32.2. The maximum absolute atomic E-state index is 12.6. The fraction of sp³-hybridized carbons (Fsp3) is 0.188. The summed E-state index contributed by atoms with van der Waals surface area (Å²) in [4.78, 5) is 8.30. The van der Waals surface area contributed by atoms with Crippen molar-refractivity contribution in [3.8, 4) is 11.6 Å². The lowest BCUT2D eigenvalue weighted by atomic mass is 10.3. The van der Waals surface area contributed by atoms with Crippen molar-refractivity contribution in [1.82, 2.24) is 19.7 Å². The number of aromatic nitrogens is 4. The van der Waals surface area contributed by atoms with E-state index in [0.717, 1.165) is 5.69 Å². The van der Waals surface area contributed by atoms with Crippen LogP contribution in [-0.4, -0.2) is 35.3 Å². The number of methoxy groups -OCH3 is 1. The van der Waals surface area contributed by atoms with Crippen LogP contribution in [0, 0.1) is 13.8 Å². The van der Waals surface area contributed by atoms with Crippen molar-refractivity contribution in [3.63, 3.8) is 0 Å². The summed E-state index contributed by atoms with van der Waals surface area (Å²) < 4.78 is 34.1. The SMILES string of the molecule is COc1ccc(S(=O)(=O)Nc2nc(C)n(-c3ccccc3)n2)c(C)n1. The Balaban J connectivity index is 1.92. The van der Waals surface area contributed by atoms with E-state index in [1.807, 2.05) is 30.3 Å². The first-order chi connectivity index (χ1) is 11.9. The predicted molar refractivity (Wildman–Crippen MR) is 92.4 cm³/mol. The zero-order valence-electron chi connectivity index (χ0n) is 14.0. The maximum atomic E-state index is 12.6. The van der Waals surface area contributed by atoms with E-state index in [0.29, 0.717) is 17.4 Å². The van der Waals surface area contributed by atoms with E-state index in [2.05, 4.69) is 19.8 Å². The van der Waals surface area contributed by atoms with Crippen LogP contribution in [-0.2, 0) is 10.0 Å². The van der Waals surface area contributed by atoms with Gasteiger partial charge in [0.15, 0.2) is 0 Å². The van der Waals surface area contributed by atoms with E-state index in [-0.39, 0.29) is 10.8 Å². The first-order valence-corrected chi connectivity index (χ1v) is 8.92. The molecule has 0 aliphatic heterocycles. The van der Waals surface area contributed by atoms with E-state index in [9.17, 15) is 8.42 Å². The summed E-state index contributed by atoms with van der Waals surface area (Å²) in [7, 11) is -2.39. The van der Waals surface area contributed by atoms with Gasteiger partial charge in [0, 0.05) is 6.07 Å². The van der Waals surface area contributed by atoms with E-state index in [4.69, 9.17) is 4.74 Å². The van der Waals surface area contributed by atoms with Gasteiger partial charge in [0.25, 0.3) is 16.0 Å². The average molecular weight is 359 g/mol. The van der Waals surface area contributed by atoms with Gasteiger partial charge in [-0.1, -0.05) is 18.2 Å². The van der Waals surface area contributed by atoms with Gasteiger partial charge in [-0.05, 0) is 32.0 Å². The van der Waals surface area contributed by atoms with Gasteiger partial charge < -0.3 is 4.74 Å². The van der Waals surface area contributed by atoms with Gasteiger partial charge in [0.05, 0.1) is 18.5 Å². The molecule has 0 aliphatic rings. The smallest absolute Gasteiger partial charge is 0.266 e. The van der Waals surface area contributed by atoms with Crippen LogP contribution in [0.15, 0.2) is 47.4 Å². The van der Waals surface area contributed by atoms with Crippen LogP contribution in [0.4, 0.5) is 5.95 Å². The molecule has 0 unspecified atom stereocenters. The van der Waals surface area contributed by atoms with Crippen molar-refractivity contribution >= 4 is 16.0 Å². The molecule has 0 radical (unpaired) electrons. The number of ether oxygens (including phenoxy) is 1. The molecule has 0 amide bonds. The first-order valence-electron chi connectivity index (χ1n) is 7.44. The van der Waals surface area contributed by atoms with Crippen LogP contribution in [0.3, 0.4) is 0 Å². The third kappa shape index (κ3) is 3.45. The number of hydrogen-bond acceptors (Lipinski definition) is 6. The quantitative estimate of drug-likeness (QED) is 0.749. The number of sulfonamides is 1. The van der Waals surface area contributed by atoms with Crippen LogP contribution in [0.5, 0.6) is 5.88 Å². The van der Waals surface area contributed by atoms with Crippen molar-refractivity contribution in [1.29, 1.82) is 0 Å². The van der Waals surface area contributed by atoms with Crippen molar-refractivity contribution in [3.05, 3.63) is 54.0 Å². The zero-order chi connectivity index (χ0) is 18.0. The Bertz CT molecular complexity index is 1000. The molecule has 0 fully saturated rings. The second kappa shape index (κ2) is 6.52. The number of nitrogens with one attached hydrogen (secondary N) is 1. The fourth-order valence-electron chi connectivity index (χ4n) is 2.35. The molecule has 0 saturated heterocycles. The van der Waals surface area contributed by atoms with Gasteiger partial charge in [-0.25, -0.2) is 22.8 Å². The van der Waals surface area contributed by atoms with Crippen molar-refractivity contribution in [2.45, 2.75) is 18.7 Å². The summed E-state index contributed by atoms with van der Waals surface area (Å²) in [6.45, 7) is 3.34. The Morgan fingerprint density at radius 1 is 1.04 bits per heavy atom. The van der Waals surface area contributed by atoms with Crippen LogP contribution >= 0.6 is 0 Å². The van der Waals surface area contributed by atoms with E-state index in [1.54, 1.807) is 18.5 Å². The van der Waals surface area contributed by atoms with Crippen molar-refractivity contribution in [2.24, 2.45) is 0 Å². The molecule has 25 heavy (non-hydrogen) atoms. The van der Waals surface area contributed by atoms with E-state index < -0.39 is 10.0 Å². The zero-order valence-corrected chi connectivity index (χ0v) is 14.8. The van der Waals surface area contributed by atoms with Crippen LogP contribution in [0.25, 0.3) is 5.69 Å². The molecule has 3 aromatic rings. The molecule has 1 N–H and O–H groups in total. The third-order valence-corrected chi connectivity index (χ3v) is 4.97. The molecule has 8 nitrogen and oxygen atoms in total. The molecule has 0 saturated carbocycles. The summed E-state index contributed by atoms with van der Waals surface area (Å²) in [6, 6.07) is 12.3. The Morgan fingerprint density at radius 2 is 1.76 bits per heavy atom. The van der Waals surface area contributed by atoms with Crippen LogP contribution in [0.2, 0.25) is 0 Å². The lowest BCUT2D eigenvalue weighted by Gasteiger charge is -2.08. The summed E-state index contributed by atoms with van der Waals surface area (Å²) >= 11 is 0. The maximum Gasteiger partial charge on any atom is 0.266 e. The van der Waals surface area contributed by atoms with Gasteiger partial charge in [-0.15, -0.1) is 5.10 Å². The highest BCUT2D eigenvalue weighted by molar-refractivity contribution is 7.92. The minimum atomic E-state index is -3.86. The minimum Gasteiger partial charge on any atom is -0.481 e. The third-order valence-electron chi connectivity index (χ3n) is 3.51. The Labute approximate surface area is 145 Å². The van der Waals surface area contributed by atoms with Gasteiger partial charge in [-0.3, -0.25) is 0 Å². The summed E-state index contributed by atoms with van der Waals surface area (Å²) in [5.41, 5.74) is 1.12. The van der Waals surface area contributed by atoms with E-state index in [1.165, 1.54) is 19.2 Å². The lowest BCUT2D eigenvalue weighted by molar-refractivity contribution is 0.396. The van der Waals surface area contributed by atoms with Gasteiger partial charge in [0.2, 0.25) is 5.88 Å². The molecule has 0 spiro atoms. The fourth-order valence-corrected chi connectivity index (χ4v) is 3.46. The van der Waals surface area contributed by atoms with Gasteiger partial charge in [-0.2, -0.15) is 4.98 Å². The standard InChI is InChI=1S/C16H17N5O3S/c1-11-14(9-10-15(17-11)24-3)25(22,23)20-16-18-12(2)21(19-16)13-7-5-4-6-8-13/h4-10H,1-3H3,(H,19,20). The van der Waals surface area contributed by atoms with E-state index >= 15 is 0 Å². The number of pyridine rings is 1. The molecular formula is C16H17N5O3S. The van der Waals surface area contributed by atoms with Crippen LogP contribution < -0.4 is 9.46 Å². The van der Waals surface area contributed by atoms with Crippen molar-refractivity contribution < 1.29 is 13.2 Å². The summed E-state index contributed by atoms with van der Waals surface area (Å²) in [6.07, 6.45) is 0. The minimum absolute atomic E-state index is 0.00317. The number of anilines is 1. The number of para-hydroxylation sites is 1. The lowest BCUT2D eigenvalue weighted by Crippen LogP contribution is -2.16. The number of aryl methyl sites for hydroxylation is 2. The molecule has 0 aliphatic carbocycles. The largest absolute Gasteiger partial charge is 0.481 e. The molecule has 9 heteroatoms. The normalized spacial score (nSPS) is 11.3. The molecule has 130 valence electrons.